The molecule has 0 saturated heterocycles. The van der Waals surface area contributed by atoms with Crippen LogP contribution in [0.1, 0.15) is 39.0 Å². The highest BCUT2D eigenvalue weighted by atomic mass is 14.8. The van der Waals surface area contributed by atoms with Crippen LogP contribution < -0.4 is 0 Å². The third-order valence-corrected chi connectivity index (χ3v) is 1.96. The second-order valence-corrected chi connectivity index (χ2v) is 3.21. The summed E-state index contributed by atoms with van der Waals surface area (Å²) >= 11 is 0. The smallest absolute Gasteiger partial charge is 0.116 e. The van der Waals surface area contributed by atoms with Crippen molar-refractivity contribution in [2.24, 2.45) is 5.92 Å². The second kappa shape index (κ2) is 6.93. The summed E-state index contributed by atoms with van der Waals surface area (Å²) in [7, 11) is 0. The first-order valence-corrected chi connectivity index (χ1v) is 5.28. The van der Waals surface area contributed by atoms with Gasteiger partial charge in [0.25, 0.3) is 0 Å². The van der Waals surface area contributed by atoms with E-state index in [-0.39, 0.29) is 0 Å². The normalized spacial score (nSPS) is 9.13. The van der Waals surface area contributed by atoms with Gasteiger partial charge in [0.1, 0.15) is 6.33 Å². The van der Waals surface area contributed by atoms with Crippen LogP contribution in [0.15, 0.2) is 25.7 Å². The number of allylic oxidation sites excluding steroid dienone is 1. The summed E-state index contributed by atoms with van der Waals surface area (Å²) in [5.41, 5.74) is 2.87. The predicted molar refractivity (Wildman–Crippen MR) is 67.3 cm³/mol. The van der Waals surface area contributed by atoms with Crippen LogP contribution in [0.3, 0.4) is 0 Å². The van der Waals surface area contributed by atoms with Gasteiger partial charge in [-0.25, -0.2) is 9.97 Å². The summed E-state index contributed by atoms with van der Waals surface area (Å²) in [6.07, 6.45) is 5.04. The van der Waals surface area contributed by atoms with Crippen molar-refractivity contribution in [3.8, 4) is 0 Å². The molecule has 0 atom stereocenters. The van der Waals surface area contributed by atoms with Gasteiger partial charge < -0.3 is 0 Å². The summed E-state index contributed by atoms with van der Waals surface area (Å²) in [4.78, 5) is 8.12. The van der Waals surface area contributed by atoms with E-state index < -0.39 is 0 Å². The molecule has 15 heavy (non-hydrogen) atoms. The van der Waals surface area contributed by atoms with Crippen LogP contribution in [0.5, 0.6) is 0 Å². The lowest BCUT2D eigenvalue weighted by molar-refractivity contribution is 0.848. The Morgan fingerprint density at radius 3 is 2.47 bits per heavy atom. The van der Waals surface area contributed by atoms with Crippen LogP contribution in [0.25, 0.3) is 11.6 Å². The van der Waals surface area contributed by atoms with Crippen molar-refractivity contribution in [3.05, 3.63) is 36.9 Å². The molecule has 0 radical (unpaired) electrons. The first-order valence-electron chi connectivity index (χ1n) is 5.28. The SMILES string of the molecule is C=Cc1cncnc1C(=C)C(C)C.CC. The van der Waals surface area contributed by atoms with Gasteiger partial charge in [-0.15, -0.1) is 0 Å². The van der Waals surface area contributed by atoms with Crippen LogP contribution in [0, 0.1) is 5.92 Å². The maximum absolute atomic E-state index is 4.19. The lowest BCUT2D eigenvalue weighted by Gasteiger charge is -2.10. The quantitative estimate of drug-likeness (QED) is 0.748. The van der Waals surface area contributed by atoms with E-state index in [0.717, 1.165) is 16.8 Å². The van der Waals surface area contributed by atoms with Gasteiger partial charge in [0, 0.05) is 11.8 Å². The van der Waals surface area contributed by atoms with E-state index in [4.69, 9.17) is 0 Å². The molecular formula is C13H20N2. The Bertz CT molecular complexity index is 327. The summed E-state index contributed by atoms with van der Waals surface area (Å²) in [5, 5.41) is 0. The average molecular weight is 204 g/mol. The Hall–Kier alpha value is -1.44. The highest BCUT2D eigenvalue weighted by Gasteiger charge is 2.08. The molecule has 1 rings (SSSR count). The Morgan fingerprint density at radius 1 is 1.40 bits per heavy atom. The molecule has 82 valence electrons. The Morgan fingerprint density at radius 2 is 2.00 bits per heavy atom. The first kappa shape index (κ1) is 13.6. The molecule has 1 aromatic rings. The molecule has 0 aromatic carbocycles. The lowest BCUT2D eigenvalue weighted by atomic mass is 9.99. The van der Waals surface area contributed by atoms with Gasteiger partial charge in [0.15, 0.2) is 0 Å². The molecule has 1 aromatic heterocycles. The predicted octanol–water partition coefficient (Wildman–Crippen LogP) is 3.82. The molecule has 2 heteroatoms. The van der Waals surface area contributed by atoms with Crippen molar-refractivity contribution in [3.63, 3.8) is 0 Å². The van der Waals surface area contributed by atoms with Crippen LogP contribution in [0.2, 0.25) is 0 Å². The van der Waals surface area contributed by atoms with Gasteiger partial charge >= 0.3 is 0 Å². The highest BCUT2D eigenvalue weighted by molar-refractivity contribution is 5.69. The largest absolute Gasteiger partial charge is 0.244 e. The van der Waals surface area contributed by atoms with Gasteiger partial charge in [-0.05, 0) is 11.5 Å². The zero-order valence-corrected chi connectivity index (χ0v) is 10.1. The van der Waals surface area contributed by atoms with Crippen molar-refractivity contribution < 1.29 is 0 Å². The summed E-state index contributed by atoms with van der Waals surface area (Å²) in [6, 6.07) is 0. The van der Waals surface area contributed by atoms with E-state index in [9.17, 15) is 0 Å². The Labute approximate surface area is 92.8 Å². The van der Waals surface area contributed by atoms with Crippen molar-refractivity contribution in [2.45, 2.75) is 27.7 Å². The van der Waals surface area contributed by atoms with E-state index in [2.05, 4.69) is 37.0 Å². The average Bonchev–Trinajstić information content (AvgIpc) is 2.30. The maximum atomic E-state index is 4.19. The molecule has 0 N–H and O–H groups in total. The topological polar surface area (TPSA) is 25.8 Å². The molecule has 0 fully saturated rings. The highest BCUT2D eigenvalue weighted by Crippen LogP contribution is 2.21. The summed E-state index contributed by atoms with van der Waals surface area (Å²) in [6.45, 7) is 15.9. The molecular weight excluding hydrogens is 184 g/mol. The van der Waals surface area contributed by atoms with Gasteiger partial charge in [-0.3, -0.25) is 0 Å². The van der Waals surface area contributed by atoms with Crippen molar-refractivity contribution in [1.29, 1.82) is 0 Å². The molecule has 1 heterocycles. The fourth-order valence-corrected chi connectivity index (χ4v) is 1.03. The van der Waals surface area contributed by atoms with Crippen molar-refractivity contribution in [1.82, 2.24) is 9.97 Å². The molecule has 0 unspecified atom stereocenters. The number of hydrogen-bond acceptors (Lipinski definition) is 2. The number of rotatable bonds is 3. The van der Waals surface area contributed by atoms with Gasteiger partial charge in [0.05, 0.1) is 5.69 Å². The molecule has 0 aliphatic rings. The minimum absolute atomic E-state index is 0.397. The van der Waals surface area contributed by atoms with E-state index in [1.807, 2.05) is 13.8 Å². The van der Waals surface area contributed by atoms with Crippen LogP contribution in [0.4, 0.5) is 0 Å². The summed E-state index contributed by atoms with van der Waals surface area (Å²) < 4.78 is 0. The fourth-order valence-electron chi connectivity index (χ4n) is 1.03. The fraction of sp³-hybridized carbons (Fsp3) is 0.385. The van der Waals surface area contributed by atoms with E-state index in [0.29, 0.717) is 5.92 Å². The summed E-state index contributed by atoms with van der Waals surface area (Å²) in [5.74, 6) is 0.397. The van der Waals surface area contributed by atoms with Crippen LogP contribution >= 0.6 is 0 Å². The molecule has 0 saturated carbocycles. The van der Waals surface area contributed by atoms with Crippen molar-refractivity contribution >= 4 is 11.6 Å². The minimum atomic E-state index is 0.397. The lowest BCUT2D eigenvalue weighted by Crippen LogP contribution is -1.98. The first-order chi connectivity index (χ1) is 7.16. The monoisotopic (exact) mass is 204 g/mol. The number of aromatic nitrogens is 2. The van der Waals surface area contributed by atoms with E-state index >= 15 is 0 Å². The second-order valence-electron chi connectivity index (χ2n) is 3.21. The Balaban J connectivity index is 0.000000921. The van der Waals surface area contributed by atoms with E-state index in [1.54, 1.807) is 12.3 Å². The van der Waals surface area contributed by atoms with Crippen molar-refractivity contribution in [2.75, 3.05) is 0 Å². The molecule has 0 aliphatic heterocycles. The standard InChI is InChI=1S/C11H14N2.C2H6/c1-5-10-6-12-7-13-11(10)9(4)8(2)3;1-2/h5-8H,1,4H2,2-3H3;1-2H3. The molecule has 0 spiro atoms. The Kier molecular flexibility index (Phi) is 6.27. The van der Waals surface area contributed by atoms with Gasteiger partial charge in [-0.1, -0.05) is 46.9 Å². The number of hydrogen-bond donors (Lipinski definition) is 0. The van der Waals surface area contributed by atoms with Gasteiger partial charge in [0.2, 0.25) is 0 Å². The third kappa shape index (κ3) is 3.66. The molecule has 0 aliphatic carbocycles. The van der Waals surface area contributed by atoms with E-state index in [1.165, 1.54) is 6.33 Å². The zero-order chi connectivity index (χ0) is 11.8. The zero-order valence-electron chi connectivity index (χ0n) is 10.1. The minimum Gasteiger partial charge on any atom is -0.244 e. The molecule has 0 bridgehead atoms. The molecule has 0 amide bonds. The maximum Gasteiger partial charge on any atom is 0.116 e. The van der Waals surface area contributed by atoms with Crippen LogP contribution in [-0.4, -0.2) is 9.97 Å². The number of nitrogens with zero attached hydrogens (tertiary/aromatic N) is 2. The van der Waals surface area contributed by atoms with Crippen LogP contribution in [-0.2, 0) is 0 Å². The molecule has 2 nitrogen and oxygen atoms in total. The third-order valence-electron chi connectivity index (χ3n) is 1.96. The van der Waals surface area contributed by atoms with Gasteiger partial charge in [-0.2, -0.15) is 0 Å².